The summed E-state index contributed by atoms with van der Waals surface area (Å²) in [6.45, 7) is 5.90. The molecule has 0 saturated heterocycles. The highest BCUT2D eigenvalue weighted by Gasteiger charge is 2.13. The fourth-order valence-electron chi connectivity index (χ4n) is 3.07. The van der Waals surface area contributed by atoms with Gasteiger partial charge in [-0.25, -0.2) is 0 Å². The van der Waals surface area contributed by atoms with Crippen LogP contribution in [0.5, 0.6) is 0 Å². The molecule has 3 aromatic rings. The lowest BCUT2D eigenvalue weighted by Crippen LogP contribution is -2.34. The van der Waals surface area contributed by atoms with Gasteiger partial charge in [0.1, 0.15) is 0 Å². The van der Waals surface area contributed by atoms with Gasteiger partial charge in [-0.2, -0.15) is 0 Å². The molecular formula is C21H20ClN3O2S. The lowest BCUT2D eigenvalue weighted by atomic mass is 10.1. The minimum absolute atomic E-state index is 0.0826. The number of carbonyl (C=O) groups is 1. The van der Waals surface area contributed by atoms with Crippen LogP contribution in [0.2, 0.25) is 5.02 Å². The third-order valence-corrected chi connectivity index (χ3v) is 4.92. The number of fused-ring (bicyclic) bond motifs is 1. The van der Waals surface area contributed by atoms with E-state index in [9.17, 15) is 9.59 Å². The molecule has 1 heterocycles. The van der Waals surface area contributed by atoms with E-state index in [4.69, 9.17) is 23.8 Å². The van der Waals surface area contributed by atoms with E-state index in [-0.39, 0.29) is 17.5 Å². The van der Waals surface area contributed by atoms with Crippen molar-refractivity contribution in [3.05, 3.63) is 86.4 Å². The summed E-state index contributed by atoms with van der Waals surface area (Å²) in [4.78, 5) is 28.2. The summed E-state index contributed by atoms with van der Waals surface area (Å²) in [6.07, 6.45) is 2.27. The maximum atomic E-state index is 12.6. The lowest BCUT2D eigenvalue weighted by Gasteiger charge is -2.14. The van der Waals surface area contributed by atoms with Gasteiger partial charge in [-0.1, -0.05) is 29.8 Å². The summed E-state index contributed by atoms with van der Waals surface area (Å²) in [7, 11) is 0. The van der Waals surface area contributed by atoms with E-state index in [1.165, 1.54) is 4.57 Å². The average molecular weight is 414 g/mol. The number of nitrogens with zero attached hydrogens (tertiary/aromatic N) is 1. The maximum absolute atomic E-state index is 12.6. The van der Waals surface area contributed by atoms with Crippen LogP contribution in [0.1, 0.15) is 22.8 Å². The Bertz CT molecular complexity index is 1170. The van der Waals surface area contributed by atoms with E-state index < -0.39 is 0 Å². The van der Waals surface area contributed by atoms with Crippen molar-refractivity contribution in [1.29, 1.82) is 0 Å². The molecule has 1 aromatic heterocycles. The highest BCUT2D eigenvalue weighted by atomic mass is 35.5. The summed E-state index contributed by atoms with van der Waals surface area (Å²) >= 11 is 11.3. The molecule has 144 valence electrons. The number of hydrogen-bond donors (Lipinski definition) is 2. The maximum Gasteiger partial charge on any atom is 0.262 e. The molecule has 0 unspecified atom stereocenters. The summed E-state index contributed by atoms with van der Waals surface area (Å²) in [5.74, 6) is -0.217. The summed E-state index contributed by atoms with van der Waals surface area (Å²) in [5.41, 5.74) is 1.83. The van der Waals surface area contributed by atoms with Crippen LogP contribution in [0.4, 0.5) is 0 Å². The van der Waals surface area contributed by atoms with E-state index in [2.05, 4.69) is 16.9 Å². The normalized spacial score (nSPS) is 11.9. The molecule has 0 spiro atoms. The van der Waals surface area contributed by atoms with Crippen molar-refractivity contribution in [3.8, 4) is 0 Å². The molecule has 28 heavy (non-hydrogen) atoms. The predicted octanol–water partition coefficient (Wildman–Crippen LogP) is 4.26. The standard InChI is InChI=1S/C21H20ClN3O2S/c1-3-9-25-20(27)17-8-7-15(12-18(17)24-21(25)28)19(26)23-13(2)10-14-5-4-6-16(22)11-14/h3-8,11-13H,1,9-10H2,2H3,(H,23,26)(H,24,28)/t13-/m0/s1. The number of amides is 1. The molecule has 0 bridgehead atoms. The first kappa shape index (κ1) is 20.0. The monoisotopic (exact) mass is 413 g/mol. The fourth-order valence-corrected chi connectivity index (χ4v) is 3.55. The molecule has 0 aliphatic carbocycles. The number of aromatic nitrogens is 2. The summed E-state index contributed by atoms with van der Waals surface area (Å²) in [6, 6.07) is 12.4. The molecule has 3 rings (SSSR count). The van der Waals surface area contributed by atoms with Crippen LogP contribution in [0.15, 0.2) is 59.9 Å². The molecule has 2 aromatic carbocycles. The number of halogens is 1. The van der Waals surface area contributed by atoms with Gasteiger partial charge in [-0.15, -0.1) is 6.58 Å². The number of H-pyrrole nitrogens is 1. The van der Waals surface area contributed by atoms with Crippen LogP contribution in [0.25, 0.3) is 10.9 Å². The first-order chi connectivity index (χ1) is 13.4. The van der Waals surface area contributed by atoms with Crippen molar-refractivity contribution < 1.29 is 4.79 Å². The molecule has 2 N–H and O–H groups in total. The van der Waals surface area contributed by atoms with Gasteiger partial charge in [0.25, 0.3) is 11.5 Å². The van der Waals surface area contributed by atoms with Crippen LogP contribution in [-0.2, 0) is 13.0 Å². The Labute approximate surface area is 172 Å². The molecule has 5 nitrogen and oxygen atoms in total. The van der Waals surface area contributed by atoms with Gasteiger partial charge < -0.3 is 10.3 Å². The Morgan fingerprint density at radius 1 is 1.36 bits per heavy atom. The Balaban J connectivity index is 1.82. The topological polar surface area (TPSA) is 66.9 Å². The second-order valence-electron chi connectivity index (χ2n) is 6.60. The average Bonchev–Trinajstić information content (AvgIpc) is 2.64. The van der Waals surface area contributed by atoms with Gasteiger partial charge in [0.05, 0.1) is 10.9 Å². The second kappa shape index (κ2) is 8.54. The quantitative estimate of drug-likeness (QED) is 0.468. The fraction of sp³-hybridized carbons (Fsp3) is 0.190. The van der Waals surface area contributed by atoms with Crippen molar-refractivity contribution >= 4 is 40.6 Å². The lowest BCUT2D eigenvalue weighted by molar-refractivity contribution is 0.0940. The molecule has 0 aliphatic heterocycles. The van der Waals surface area contributed by atoms with Crippen LogP contribution < -0.4 is 10.9 Å². The van der Waals surface area contributed by atoms with Gasteiger partial charge >= 0.3 is 0 Å². The number of benzene rings is 2. The van der Waals surface area contributed by atoms with Crippen LogP contribution >= 0.6 is 23.8 Å². The Morgan fingerprint density at radius 2 is 2.14 bits per heavy atom. The van der Waals surface area contributed by atoms with Crippen LogP contribution in [0.3, 0.4) is 0 Å². The summed E-state index contributed by atoms with van der Waals surface area (Å²) in [5, 5.41) is 4.11. The molecule has 0 radical (unpaired) electrons. The van der Waals surface area contributed by atoms with Crippen LogP contribution in [-0.4, -0.2) is 21.5 Å². The van der Waals surface area contributed by atoms with Crippen molar-refractivity contribution in [2.75, 3.05) is 0 Å². The van der Waals surface area contributed by atoms with Gasteiger partial charge in [-0.3, -0.25) is 14.2 Å². The number of aromatic amines is 1. The van der Waals surface area contributed by atoms with Gasteiger partial charge in [0, 0.05) is 23.2 Å². The molecule has 1 atom stereocenters. The SMILES string of the molecule is C=CCn1c(=S)[nH]c2cc(C(=O)N[C@@H](C)Cc3cccc(Cl)c3)ccc2c1=O. The largest absolute Gasteiger partial charge is 0.349 e. The zero-order valence-electron chi connectivity index (χ0n) is 15.4. The summed E-state index contributed by atoms with van der Waals surface area (Å²) < 4.78 is 1.72. The van der Waals surface area contributed by atoms with Gasteiger partial charge in [0.2, 0.25) is 0 Å². The van der Waals surface area contributed by atoms with E-state index in [0.717, 1.165) is 5.56 Å². The highest BCUT2D eigenvalue weighted by Crippen LogP contribution is 2.14. The van der Waals surface area contributed by atoms with Crippen LogP contribution in [0, 0.1) is 4.77 Å². The number of rotatable bonds is 6. The second-order valence-corrected chi connectivity index (χ2v) is 7.43. The predicted molar refractivity (Wildman–Crippen MR) is 116 cm³/mol. The molecule has 0 saturated carbocycles. The van der Waals surface area contributed by atoms with Crippen molar-refractivity contribution in [2.24, 2.45) is 0 Å². The Hall–Kier alpha value is -2.70. The highest BCUT2D eigenvalue weighted by molar-refractivity contribution is 7.71. The van der Waals surface area contributed by atoms with Crippen molar-refractivity contribution in [2.45, 2.75) is 25.9 Å². The zero-order valence-corrected chi connectivity index (χ0v) is 16.9. The third kappa shape index (κ3) is 4.40. The Kier molecular flexibility index (Phi) is 6.11. The number of carbonyl (C=O) groups excluding carboxylic acids is 1. The first-order valence-electron chi connectivity index (χ1n) is 8.82. The molecule has 7 heteroatoms. The first-order valence-corrected chi connectivity index (χ1v) is 9.60. The Morgan fingerprint density at radius 3 is 2.86 bits per heavy atom. The minimum Gasteiger partial charge on any atom is -0.349 e. The van der Waals surface area contributed by atoms with Crippen molar-refractivity contribution in [3.63, 3.8) is 0 Å². The molecule has 0 aliphatic rings. The number of allylic oxidation sites excluding steroid dienone is 1. The molecule has 1 amide bonds. The van der Waals surface area contributed by atoms with Gasteiger partial charge in [0.15, 0.2) is 4.77 Å². The van der Waals surface area contributed by atoms with E-state index in [1.807, 2.05) is 31.2 Å². The van der Waals surface area contributed by atoms with E-state index in [0.29, 0.717) is 39.2 Å². The van der Waals surface area contributed by atoms with Gasteiger partial charge in [-0.05, 0) is 61.5 Å². The molecule has 0 fully saturated rings. The number of nitrogens with one attached hydrogen (secondary N) is 2. The molecular weight excluding hydrogens is 394 g/mol. The smallest absolute Gasteiger partial charge is 0.262 e. The zero-order chi connectivity index (χ0) is 20.3. The number of hydrogen-bond acceptors (Lipinski definition) is 3. The minimum atomic E-state index is -0.217. The van der Waals surface area contributed by atoms with E-state index >= 15 is 0 Å². The van der Waals surface area contributed by atoms with E-state index in [1.54, 1.807) is 24.3 Å². The van der Waals surface area contributed by atoms with Crippen molar-refractivity contribution in [1.82, 2.24) is 14.9 Å². The third-order valence-electron chi connectivity index (χ3n) is 4.36.